The van der Waals surface area contributed by atoms with E-state index in [1.807, 2.05) is 0 Å². The molecule has 0 aromatic heterocycles. The van der Waals surface area contributed by atoms with E-state index >= 15 is 0 Å². The van der Waals surface area contributed by atoms with Crippen LogP contribution in [0.2, 0.25) is 0 Å². The Morgan fingerprint density at radius 2 is 1.77 bits per heavy atom. The second-order valence-electron chi connectivity index (χ2n) is 7.03. The molecule has 1 atom stereocenters. The average molecular weight is 320 g/mol. The molecule has 120 valence electrons. The number of benzene rings is 1. The first-order chi connectivity index (χ1) is 10.3. The van der Waals surface area contributed by atoms with Gasteiger partial charge in [-0.2, -0.15) is 0 Å². The number of rotatable bonds is 2. The Hall–Kier alpha value is -1.49. The van der Waals surface area contributed by atoms with E-state index in [1.165, 1.54) is 11.1 Å². The number of ether oxygens (including phenoxy) is 2. The van der Waals surface area contributed by atoms with Gasteiger partial charge in [0.1, 0.15) is 0 Å². The van der Waals surface area contributed by atoms with Gasteiger partial charge in [-0.05, 0) is 69.1 Å². The topological polar surface area (TPSA) is 33.7 Å². The number of thiocarbonyl (C=S) groups is 1. The Morgan fingerprint density at radius 1 is 1.14 bits per heavy atom. The van der Waals surface area contributed by atoms with E-state index in [0.717, 1.165) is 36.0 Å². The molecule has 3 rings (SSSR count). The second-order valence-corrected chi connectivity index (χ2v) is 7.42. The fourth-order valence-electron chi connectivity index (χ4n) is 4.03. The molecule has 0 saturated carbocycles. The minimum Gasteiger partial charge on any atom is -0.493 e. The highest BCUT2D eigenvalue weighted by atomic mass is 32.1. The summed E-state index contributed by atoms with van der Waals surface area (Å²) in [6, 6.07) is 4.25. The zero-order chi connectivity index (χ0) is 16.1. The van der Waals surface area contributed by atoms with Crippen LogP contribution in [0.25, 0.3) is 0 Å². The van der Waals surface area contributed by atoms with E-state index in [0.29, 0.717) is 0 Å². The molecule has 1 aromatic rings. The van der Waals surface area contributed by atoms with Gasteiger partial charge in [-0.1, -0.05) is 0 Å². The zero-order valence-electron chi connectivity index (χ0n) is 13.9. The summed E-state index contributed by atoms with van der Waals surface area (Å²) in [5.41, 5.74) is 2.49. The van der Waals surface area contributed by atoms with E-state index < -0.39 is 0 Å². The molecule has 0 amide bonds. The van der Waals surface area contributed by atoms with Gasteiger partial charge in [0.2, 0.25) is 0 Å². The molecule has 0 bridgehead atoms. The molecular weight excluding hydrogens is 296 g/mol. The first-order valence-corrected chi connectivity index (χ1v) is 8.07. The van der Waals surface area contributed by atoms with Crippen LogP contribution in [0.3, 0.4) is 0 Å². The number of hydrogen-bond acceptors (Lipinski definition) is 3. The lowest BCUT2D eigenvalue weighted by Gasteiger charge is -2.55. The molecule has 1 unspecified atom stereocenters. The first kappa shape index (κ1) is 15.4. The summed E-state index contributed by atoms with van der Waals surface area (Å²) in [7, 11) is 3.37. The molecule has 0 radical (unpaired) electrons. The standard InChI is InChI=1S/C17H24N2O2S/c1-16(2)10-17(3)12-9-14(21-5)13(20-4)8-11(12)6-7-19(17)15(22)18-16/h8-9H,6-7,10H2,1-5H3,(H,18,22). The summed E-state index contributed by atoms with van der Waals surface area (Å²) in [6.45, 7) is 7.63. The predicted molar refractivity (Wildman–Crippen MR) is 91.7 cm³/mol. The van der Waals surface area contributed by atoms with Crippen molar-refractivity contribution in [3.63, 3.8) is 0 Å². The van der Waals surface area contributed by atoms with Crippen LogP contribution in [-0.2, 0) is 12.0 Å². The van der Waals surface area contributed by atoms with Crippen LogP contribution in [-0.4, -0.2) is 36.3 Å². The van der Waals surface area contributed by atoms with E-state index in [4.69, 9.17) is 21.7 Å². The van der Waals surface area contributed by atoms with Gasteiger partial charge in [0.05, 0.1) is 19.8 Å². The van der Waals surface area contributed by atoms with Crippen LogP contribution in [0.4, 0.5) is 0 Å². The van der Waals surface area contributed by atoms with Crippen LogP contribution in [0.15, 0.2) is 12.1 Å². The lowest BCUT2D eigenvalue weighted by Crippen LogP contribution is -2.66. The van der Waals surface area contributed by atoms with Gasteiger partial charge in [-0.3, -0.25) is 0 Å². The Kier molecular flexibility index (Phi) is 3.51. The molecule has 1 fully saturated rings. The smallest absolute Gasteiger partial charge is 0.170 e. The van der Waals surface area contributed by atoms with Crippen molar-refractivity contribution in [1.82, 2.24) is 10.2 Å². The second kappa shape index (κ2) is 5.01. The van der Waals surface area contributed by atoms with Gasteiger partial charge in [-0.25, -0.2) is 0 Å². The lowest BCUT2D eigenvalue weighted by molar-refractivity contribution is 0.0970. The molecule has 1 N–H and O–H groups in total. The summed E-state index contributed by atoms with van der Waals surface area (Å²) >= 11 is 5.62. The molecule has 2 aliphatic rings. The maximum absolute atomic E-state index is 5.62. The monoisotopic (exact) mass is 320 g/mol. The molecule has 2 aliphatic heterocycles. The van der Waals surface area contributed by atoms with Gasteiger partial charge in [0.15, 0.2) is 16.6 Å². The molecule has 1 saturated heterocycles. The van der Waals surface area contributed by atoms with Crippen molar-refractivity contribution in [1.29, 1.82) is 0 Å². The van der Waals surface area contributed by atoms with Crippen LogP contribution < -0.4 is 14.8 Å². The minimum atomic E-state index is -0.112. The van der Waals surface area contributed by atoms with Gasteiger partial charge < -0.3 is 19.7 Å². The number of fused-ring (bicyclic) bond motifs is 3. The summed E-state index contributed by atoms with van der Waals surface area (Å²) in [4.78, 5) is 2.32. The lowest BCUT2D eigenvalue weighted by atomic mass is 9.73. The Bertz CT molecular complexity index is 629. The van der Waals surface area contributed by atoms with Crippen molar-refractivity contribution >= 4 is 17.3 Å². The van der Waals surface area contributed by atoms with Gasteiger partial charge >= 0.3 is 0 Å². The molecule has 0 aliphatic carbocycles. The van der Waals surface area contributed by atoms with E-state index in [9.17, 15) is 0 Å². The van der Waals surface area contributed by atoms with E-state index in [-0.39, 0.29) is 11.1 Å². The van der Waals surface area contributed by atoms with Crippen LogP contribution >= 0.6 is 12.2 Å². The highest BCUT2D eigenvalue weighted by Gasteiger charge is 2.48. The normalized spacial score (nSPS) is 25.9. The Morgan fingerprint density at radius 3 is 2.41 bits per heavy atom. The Balaban J connectivity index is 2.15. The zero-order valence-corrected chi connectivity index (χ0v) is 14.8. The molecule has 22 heavy (non-hydrogen) atoms. The van der Waals surface area contributed by atoms with E-state index in [2.05, 4.69) is 43.1 Å². The van der Waals surface area contributed by atoms with E-state index in [1.54, 1.807) is 14.2 Å². The molecule has 4 nitrogen and oxygen atoms in total. The maximum atomic E-state index is 5.62. The maximum Gasteiger partial charge on any atom is 0.170 e. The third kappa shape index (κ3) is 2.22. The fourth-order valence-corrected chi connectivity index (χ4v) is 4.60. The van der Waals surface area contributed by atoms with Gasteiger partial charge in [0.25, 0.3) is 0 Å². The number of methoxy groups -OCH3 is 2. The van der Waals surface area contributed by atoms with Crippen LogP contribution in [0.1, 0.15) is 38.3 Å². The summed E-state index contributed by atoms with van der Waals surface area (Å²) in [5, 5.41) is 4.31. The van der Waals surface area contributed by atoms with Crippen molar-refractivity contribution < 1.29 is 9.47 Å². The molecule has 1 aromatic carbocycles. The molecule has 2 heterocycles. The van der Waals surface area contributed by atoms with Gasteiger partial charge in [-0.15, -0.1) is 0 Å². The third-order valence-electron chi connectivity index (χ3n) is 4.87. The van der Waals surface area contributed by atoms with Crippen molar-refractivity contribution in [3.8, 4) is 11.5 Å². The minimum absolute atomic E-state index is 0.0237. The highest BCUT2D eigenvalue weighted by Crippen LogP contribution is 2.46. The highest BCUT2D eigenvalue weighted by molar-refractivity contribution is 7.80. The predicted octanol–water partition coefficient (Wildman–Crippen LogP) is 2.83. The molecule has 0 spiro atoms. The van der Waals surface area contributed by atoms with Crippen molar-refractivity contribution in [2.24, 2.45) is 0 Å². The van der Waals surface area contributed by atoms with Crippen molar-refractivity contribution in [3.05, 3.63) is 23.3 Å². The summed E-state index contributed by atoms with van der Waals surface area (Å²) in [6.07, 6.45) is 1.95. The number of nitrogens with zero attached hydrogens (tertiary/aromatic N) is 1. The largest absolute Gasteiger partial charge is 0.493 e. The van der Waals surface area contributed by atoms with Gasteiger partial charge in [0, 0.05) is 12.1 Å². The summed E-state index contributed by atoms with van der Waals surface area (Å²) < 4.78 is 11.0. The molecule has 5 heteroatoms. The SMILES string of the molecule is COc1cc2c(cc1OC)C1(C)CC(C)(C)NC(=S)N1CC2. The summed E-state index contributed by atoms with van der Waals surface area (Å²) in [5.74, 6) is 1.58. The Labute approximate surface area is 137 Å². The van der Waals surface area contributed by atoms with Crippen LogP contribution in [0.5, 0.6) is 11.5 Å². The molecular formula is C17H24N2O2S. The first-order valence-electron chi connectivity index (χ1n) is 7.66. The quantitative estimate of drug-likeness (QED) is 0.848. The fraction of sp³-hybridized carbons (Fsp3) is 0.588. The number of nitrogens with one attached hydrogen (secondary N) is 1. The van der Waals surface area contributed by atoms with Crippen molar-refractivity contribution in [2.45, 2.75) is 44.7 Å². The third-order valence-corrected chi connectivity index (χ3v) is 5.19. The van der Waals surface area contributed by atoms with Crippen LogP contribution in [0, 0.1) is 0 Å². The van der Waals surface area contributed by atoms with Crippen molar-refractivity contribution in [2.75, 3.05) is 20.8 Å². The number of hydrogen-bond donors (Lipinski definition) is 1. The average Bonchev–Trinajstić information content (AvgIpc) is 2.43.